The zero-order valence-corrected chi connectivity index (χ0v) is 12.9. The number of nitrogens with two attached hydrogens (primary N) is 1. The van der Waals surface area contributed by atoms with E-state index in [1.54, 1.807) is 6.07 Å². The highest BCUT2D eigenvalue weighted by Gasteiger charge is 2.38. The fraction of sp³-hybridized carbons (Fsp3) is 0.625. The van der Waals surface area contributed by atoms with E-state index >= 15 is 0 Å². The SMILES string of the molecule is CC1(C)CC(Nc2ccc(C(N)=O)cn2)CC(C)(C)C1. The number of primary amides is 1. The molecule has 2 rings (SSSR count). The van der Waals surface area contributed by atoms with Crippen molar-refractivity contribution in [1.82, 2.24) is 4.98 Å². The van der Waals surface area contributed by atoms with Crippen molar-refractivity contribution in [2.24, 2.45) is 16.6 Å². The summed E-state index contributed by atoms with van der Waals surface area (Å²) in [7, 11) is 0. The van der Waals surface area contributed by atoms with Crippen LogP contribution in [-0.4, -0.2) is 16.9 Å². The molecule has 0 radical (unpaired) electrons. The van der Waals surface area contributed by atoms with Crippen molar-refractivity contribution in [3.63, 3.8) is 0 Å². The Labute approximate surface area is 121 Å². The highest BCUT2D eigenvalue weighted by molar-refractivity contribution is 5.92. The summed E-state index contributed by atoms with van der Waals surface area (Å²) in [6.07, 6.45) is 5.04. The molecule has 1 aromatic heterocycles. The smallest absolute Gasteiger partial charge is 0.250 e. The molecule has 1 amide bonds. The number of nitrogens with zero attached hydrogens (tertiary/aromatic N) is 1. The predicted octanol–water partition coefficient (Wildman–Crippen LogP) is 3.20. The molecule has 0 aliphatic heterocycles. The van der Waals surface area contributed by atoms with Crippen LogP contribution in [0, 0.1) is 10.8 Å². The summed E-state index contributed by atoms with van der Waals surface area (Å²) in [5, 5.41) is 3.50. The van der Waals surface area contributed by atoms with Gasteiger partial charge >= 0.3 is 0 Å². The molecule has 4 nitrogen and oxygen atoms in total. The first-order valence-electron chi connectivity index (χ1n) is 7.19. The minimum Gasteiger partial charge on any atom is -0.367 e. The van der Waals surface area contributed by atoms with E-state index in [1.165, 1.54) is 12.6 Å². The number of carbonyl (C=O) groups is 1. The number of carbonyl (C=O) groups excluding carboxylic acids is 1. The second-order valence-corrected chi connectivity index (χ2v) is 7.55. The second-order valence-electron chi connectivity index (χ2n) is 7.55. The quantitative estimate of drug-likeness (QED) is 0.890. The van der Waals surface area contributed by atoms with Gasteiger partial charge in [0.05, 0.1) is 5.56 Å². The molecule has 1 saturated carbocycles. The lowest BCUT2D eigenvalue weighted by molar-refractivity contribution is 0.0999. The molecule has 1 aliphatic rings. The number of hydrogen-bond acceptors (Lipinski definition) is 3. The summed E-state index contributed by atoms with van der Waals surface area (Å²) in [5.41, 5.74) is 6.34. The van der Waals surface area contributed by atoms with Crippen LogP contribution in [0.4, 0.5) is 5.82 Å². The summed E-state index contributed by atoms with van der Waals surface area (Å²) < 4.78 is 0. The van der Waals surface area contributed by atoms with Gasteiger partial charge in [0.2, 0.25) is 5.91 Å². The summed E-state index contributed by atoms with van der Waals surface area (Å²) >= 11 is 0. The van der Waals surface area contributed by atoms with Gasteiger partial charge in [-0.3, -0.25) is 4.79 Å². The number of aromatic nitrogens is 1. The van der Waals surface area contributed by atoms with Crippen LogP contribution in [0.25, 0.3) is 0 Å². The Morgan fingerprint density at radius 3 is 2.30 bits per heavy atom. The molecular formula is C16H25N3O. The van der Waals surface area contributed by atoms with Crippen molar-refractivity contribution in [2.75, 3.05) is 5.32 Å². The maximum absolute atomic E-state index is 11.0. The van der Waals surface area contributed by atoms with Crippen LogP contribution in [0.15, 0.2) is 18.3 Å². The minimum atomic E-state index is -0.441. The molecule has 0 atom stereocenters. The summed E-state index contributed by atoms with van der Waals surface area (Å²) in [4.78, 5) is 15.3. The summed E-state index contributed by atoms with van der Waals surface area (Å²) in [6, 6.07) is 3.96. The molecular weight excluding hydrogens is 250 g/mol. The number of pyridine rings is 1. The zero-order chi connectivity index (χ0) is 15.0. The molecule has 1 heterocycles. The van der Waals surface area contributed by atoms with Gasteiger partial charge in [-0.15, -0.1) is 0 Å². The monoisotopic (exact) mass is 275 g/mol. The molecule has 20 heavy (non-hydrogen) atoms. The van der Waals surface area contributed by atoms with Crippen molar-refractivity contribution in [1.29, 1.82) is 0 Å². The average Bonchev–Trinajstić information content (AvgIpc) is 2.25. The van der Waals surface area contributed by atoms with E-state index in [9.17, 15) is 4.79 Å². The van der Waals surface area contributed by atoms with Gasteiger partial charge in [0.15, 0.2) is 0 Å². The number of anilines is 1. The van der Waals surface area contributed by atoms with Crippen molar-refractivity contribution < 1.29 is 4.79 Å². The zero-order valence-electron chi connectivity index (χ0n) is 12.9. The van der Waals surface area contributed by atoms with Gasteiger partial charge < -0.3 is 11.1 Å². The van der Waals surface area contributed by atoms with E-state index in [-0.39, 0.29) is 0 Å². The number of rotatable bonds is 3. The van der Waals surface area contributed by atoms with E-state index in [0.29, 0.717) is 22.4 Å². The molecule has 0 bridgehead atoms. The molecule has 1 aromatic rings. The van der Waals surface area contributed by atoms with E-state index in [2.05, 4.69) is 38.0 Å². The Bertz CT molecular complexity index is 475. The maximum Gasteiger partial charge on any atom is 0.250 e. The van der Waals surface area contributed by atoms with Crippen molar-refractivity contribution >= 4 is 11.7 Å². The van der Waals surface area contributed by atoms with Crippen molar-refractivity contribution in [3.8, 4) is 0 Å². The average molecular weight is 275 g/mol. The van der Waals surface area contributed by atoms with Gasteiger partial charge in [-0.25, -0.2) is 4.98 Å². The van der Waals surface area contributed by atoms with Crippen LogP contribution in [0.2, 0.25) is 0 Å². The fourth-order valence-electron chi connectivity index (χ4n) is 3.78. The summed E-state index contributed by atoms with van der Waals surface area (Å²) in [6.45, 7) is 9.30. The first kappa shape index (κ1) is 14.8. The van der Waals surface area contributed by atoms with Crippen LogP contribution >= 0.6 is 0 Å². The summed E-state index contributed by atoms with van der Waals surface area (Å²) in [5.74, 6) is 0.373. The lowest BCUT2D eigenvalue weighted by atomic mass is 9.63. The molecule has 0 spiro atoms. The molecule has 110 valence electrons. The molecule has 0 saturated heterocycles. The van der Waals surface area contributed by atoms with Crippen LogP contribution in [0.3, 0.4) is 0 Å². The van der Waals surface area contributed by atoms with E-state index in [1.807, 2.05) is 6.07 Å². The van der Waals surface area contributed by atoms with Gasteiger partial charge in [0, 0.05) is 12.2 Å². The number of hydrogen-bond donors (Lipinski definition) is 2. The molecule has 1 fully saturated rings. The van der Waals surface area contributed by atoms with E-state index in [4.69, 9.17) is 5.73 Å². The fourth-order valence-corrected chi connectivity index (χ4v) is 3.78. The van der Waals surface area contributed by atoms with Crippen molar-refractivity contribution in [2.45, 2.75) is 53.0 Å². The van der Waals surface area contributed by atoms with Gasteiger partial charge in [-0.1, -0.05) is 27.7 Å². The molecule has 4 heteroatoms. The van der Waals surface area contributed by atoms with Gasteiger partial charge in [0.25, 0.3) is 0 Å². The lowest BCUT2D eigenvalue weighted by Gasteiger charge is -2.45. The molecule has 0 aromatic carbocycles. The van der Waals surface area contributed by atoms with Crippen LogP contribution in [-0.2, 0) is 0 Å². The molecule has 3 N–H and O–H groups in total. The van der Waals surface area contributed by atoms with E-state index in [0.717, 1.165) is 18.7 Å². The minimum absolute atomic E-state index is 0.340. The number of nitrogens with one attached hydrogen (secondary N) is 1. The largest absolute Gasteiger partial charge is 0.367 e. The topological polar surface area (TPSA) is 68.0 Å². The second kappa shape index (κ2) is 5.08. The number of amides is 1. The first-order valence-corrected chi connectivity index (χ1v) is 7.19. The van der Waals surface area contributed by atoms with Crippen molar-refractivity contribution in [3.05, 3.63) is 23.9 Å². The lowest BCUT2D eigenvalue weighted by Crippen LogP contribution is -2.40. The Hall–Kier alpha value is -1.58. The third-order valence-electron chi connectivity index (χ3n) is 3.96. The molecule has 1 aliphatic carbocycles. The van der Waals surface area contributed by atoms with Crippen LogP contribution in [0.1, 0.15) is 57.3 Å². The van der Waals surface area contributed by atoms with Crippen LogP contribution < -0.4 is 11.1 Å². The highest BCUT2D eigenvalue weighted by Crippen LogP contribution is 2.46. The highest BCUT2D eigenvalue weighted by atomic mass is 16.1. The normalized spacial score (nSPS) is 21.4. The van der Waals surface area contributed by atoms with Crippen LogP contribution in [0.5, 0.6) is 0 Å². The Morgan fingerprint density at radius 2 is 1.85 bits per heavy atom. The third-order valence-corrected chi connectivity index (χ3v) is 3.96. The van der Waals surface area contributed by atoms with Gasteiger partial charge in [-0.05, 0) is 42.2 Å². The third kappa shape index (κ3) is 3.71. The first-order chi connectivity index (χ1) is 9.17. The molecule has 0 unspecified atom stereocenters. The predicted molar refractivity (Wildman–Crippen MR) is 81.6 cm³/mol. The van der Waals surface area contributed by atoms with Gasteiger partial charge in [-0.2, -0.15) is 0 Å². The van der Waals surface area contributed by atoms with E-state index < -0.39 is 5.91 Å². The standard InChI is InChI=1S/C16H25N3O/c1-15(2)7-12(8-16(3,4)10-15)19-13-6-5-11(9-18-13)14(17)20/h5-6,9,12H,7-8,10H2,1-4H3,(H2,17,20)(H,18,19). The Morgan fingerprint density at radius 1 is 1.25 bits per heavy atom. The Balaban J connectivity index is 2.07. The van der Waals surface area contributed by atoms with Gasteiger partial charge in [0.1, 0.15) is 5.82 Å². The Kier molecular flexibility index (Phi) is 3.76. The maximum atomic E-state index is 11.0.